The maximum Gasteiger partial charge on any atom is 0.399 e. The van der Waals surface area contributed by atoms with Crippen LogP contribution >= 0.6 is 0 Å². The minimum absolute atomic E-state index is 0.0110. The number of aromatic nitrogens is 1. The number of carbonyl (C=O) groups excluding carboxylic acids is 1. The second-order valence-corrected chi connectivity index (χ2v) is 10.1. The molecule has 2 atom stereocenters. The third-order valence-electron chi connectivity index (χ3n) is 7.35. The van der Waals surface area contributed by atoms with Gasteiger partial charge in [0.1, 0.15) is 35.4 Å². The molecular formula is C29H27F5N4O3. The number of nitrogens with zero attached hydrogens (tertiary/aromatic N) is 1. The largest absolute Gasteiger partial charge is 0.494 e. The number of ether oxygens (including phenoxy) is 2. The molecule has 3 aliphatic rings. The summed E-state index contributed by atoms with van der Waals surface area (Å²) in [6.45, 7) is -0.578. The molecule has 0 saturated heterocycles. The topological polar surface area (TPSA) is 96.3 Å². The molecule has 7 nitrogen and oxygen atoms in total. The van der Waals surface area contributed by atoms with Crippen molar-refractivity contribution >= 4 is 11.6 Å². The van der Waals surface area contributed by atoms with E-state index < -0.39 is 42.2 Å². The van der Waals surface area contributed by atoms with Crippen molar-refractivity contribution in [3.05, 3.63) is 82.4 Å². The maximum absolute atomic E-state index is 14.1. The summed E-state index contributed by atoms with van der Waals surface area (Å²) in [5.74, 6) is -4.92. The molecule has 1 saturated carbocycles. The summed E-state index contributed by atoms with van der Waals surface area (Å²) in [4.78, 5) is 17.8. The van der Waals surface area contributed by atoms with Gasteiger partial charge in [0, 0.05) is 53.7 Å². The van der Waals surface area contributed by atoms with Gasteiger partial charge in [0.05, 0.1) is 7.11 Å². The van der Waals surface area contributed by atoms with E-state index in [1.807, 2.05) is 0 Å². The molecule has 1 amide bonds. The van der Waals surface area contributed by atoms with E-state index in [2.05, 4.69) is 15.6 Å². The number of methoxy groups -OCH3 is 1. The van der Waals surface area contributed by atoms with Crippen molar-refractivity contribution < 1.29 is 36.2 Å². The van der Waals surface area contributed by atoms with Gasteiger partial charge < -0.3 is 20.1 Å². The molecule has 12 heteroatoms. The zero-order valence-corrected chi connectivity index (χ0v) is 22.2. The van der Waals surface area contributed by atoms with E-state index in [9.17, 15) is 26.7 Å². The van der Waals surface area contributed by atoms with Gasteiger partial charge in [-0.3, -0.25) is 10.2 Å². The number of alkyl halides is 3. The van der Waals surface area contributed by atoms with Crippen molar-refractivity contribution in [1.82, 2.24) is 15.6 Å². The summed E-state index contributed by atoms with van der Waals surface area (Å²) >= 11 is 0. The van der Waals surface area contributed by atoms with E-state index in [4.69, 9.17) is 14.9 Å². The van der Waals surface area contributed by atoms with Gasteiger partial charge in [-0.25, -0.2) is 13.8 Å². The molecule has 216 valence electrons. The van der Waals surface area contributed by atoms with Gasteiger partial charge in [0.15, 0.2) is 11.6 Å². The third kappa shape index (κ3) is 5.68. The molecule has 1 aliphatic heterocycles. The van der Waals surface area contributed by atoms with Gasteiger partial charge >= 0.3 is 6.18 Å². The van der Waals surface area contributed by atoms with Crippen molar-refractivity contribution in [3.63, 3.8) is 0 Å². The van der Waals surface area contributed by atoms with Crippen LogP contribution in [0.25, 0.3) is 11.3 Å². The Bertz CT molecular complexity index is 1490. The van der Waals surface area contributed by atoms with E-state index in [0.29, 0.717) is 11.3 Å². The predicted molar refractivity (Wildman–Crippen MR) is 140 cm³/mol. The lowest BCUT2D eigenvalue weighted by Crippen LogP contribution is -2.31. The number of pyridine rings is 1. The van der Waals surface area contributed by atoms with E-state index >= 15 is 0 Å². The molecule has 3 N–H and O–H groups in total. The molecule has 1 aromatic carbocycles. The van der Waals surface area contributed by atoms with E-state index in [1.165, 1.54) is 31.4 Å². The summed E-state index contributed by atoms with van der Waals surface area (Å²) in [6.07, 6.45) is 1.52. The van der Waals surface area contributed by atoms with Crippen molar-refractivity contribution in [2.24, 2.45) is 5.92 Å². The van der Waals surface area contributed by atoms with Crippen LogP contribution in [-0.2, 0) is 9.53 Å². The maximum atomic E-state index is 14.1. The summed E-state index contributed by atoms with van der Waals surface area (Å²) in [5, 5.41) is 13.9. The third-order valence-corrected chi connectivity index (χ3v) is 7.35. The van der Waals surface area contributed by atoms with Crippen LogP contribution in [-0.4, -0.2) is 50.1 Å². The van der Waals surface area contributed by atoms with Crippen LogP contribution in [0, 0.1) is 23.0 Å². The van der Waals surface area contributed by atoms with Crippen molar-refractivity contribution in [1.29, 1.82) is 5.41 Å². The van der Waals surface area contributed by atoms with Crippen LogP contribution < -0.4 is 15.4 Å². The van der Waals surface area contributed by atoms with Gasteiger partial charge in [0.25, 0.3) is 5.91 Å². The Morgan fingerprint density at radius 1 is 1.22 bits per heavy atom. The smallest absolute Gasteiger partial charge is 0.399 e. The standard InChI is InChI=1S/C29H27F5N4O3/c1-36-11-17-7-16(9-24(40-2)25(17)35)28(39)37-12-19(14-3-4-14)23-10-18-20(29(32,33)34)13-41-27(18)26(38-23)15-5-6-21(30)22(31)8-15/h5-11,14,19-20,35-36H,3-4,12-13H2,1-2H3,(H,37,39)/b17-11-,35-25?/t19-,20?/m0/s1. The highest BCUT2D eigenvalue weighted by Gasteiger charge is 2.47. The molecule has 0 spiro atoms. The second-order valence-electron chi connectivity index (χ2n) is 10.1. The van der Waals surface area contributed by atoms with Crippen LogP contribution in [0.4, 0.5) is 22.0 Å². The van der Waals surface area contributed by atoms with Crippen LogP contribution in [0.3, 0.4) is 0 Å². The van der Waals surface area contributed by atoms with E-state index in [1.54, 1.807) is 13.2 Å². The molecule has 2 aliphatic carbocycles. The molecule has 1 unspecified atom stereocenters. The van der Waals surface area contributed by atoms with Crippen LogP contribution in [0.1, 0.15) is 35.9 Å². The van der Waals surface area contributed by atoms with Crippen LogP contribution in [0.2, 0.25) is 0 Å². The van der Waals surface area contributed by atoms with Gasteiger partial charge in [-0.2, -0.15) is 13.2 Å². The highest BCUT2D eigenvalue weighted by Crippen LogP contribution is 2.50. The summed E-state index contributed by atoms with van der Waals surface area (Å²) in [6, 6.07) is 4.36. The lowest BCUT2D eigenvalue weighted by Gasteiger charge is -2.21. The van der Waals surface area contributed by atoms with Crippen molar-refractivity contribution in [2.45, 2.75) is 30.9 Å². The fourth-order valence-corrected chi connectivity index (χ4v) is 5.06. The minimum atomic E-state index is -4.59. The number of allylic oxidation sites excluding steroid dienone is 2. The minimum Gasteiger partial charge on any atom is -0.494 e. The van der Waals surface area contributed by atoms with Gasteiger partial charge in [-0.05, 0) is 55.2 Å². The van der Waals surface area contributed by atoms with Crippen LogP contribution in [0.15, 0.2) is 59.5 Å². The Hall–Kier alpha value is -4.22. The summed E-state index contributed by atoms with van der Waals surface area (Å²) < 4.78 is 80.2. The molecule has 1 fully saturated rings. The number of fused-ring (bicyclic) bond motifs is 1. The number of benzene rings is 1. The lowest BCUT2D eigenvalue weighted by molar-refractivity contribution is -0.151. The van der Waals surface area contributed by atoms with Gasteiger partial charge in [-0.15, -0.1) is 0 Å². The number of rotatable bonds is 8. The highest BCUT2D eigenvalue weighted by molar-refractivity contribution is 6.15. The Balaban J connectivity index is 1.49. The first-order valence-corrected chi connectivity index (χ1v) is 12.9. The Morgan fingerprint density at radius 2 is 1.98 bits per heavy atom. The Labute approximate surface area is 232 Å². The lowest BCUT2D eigenvalue weighted by atomic mass is 9.92. The SMILES string of the molecule is CN/C=C1/C=C(C(=O)NC[C@H](c2cc3c(c(-c4ccc(F)c(F)c4)n2)OCC3C(F)(F)F)C2CC2)C=C(OC)C1=N. The van der Waals surface area contributed by atoms with E-state index in [-0.39, 0.29) is 52.1 Å². The van der Waals surface area contributed by atoms with Crippen molar-refractivity contribution in [2.75, 3.05) is 27.3 Å². The van der Waals surface area contributed by atoms with E-state index in [0.717, 1.165) is 25.0 Å². The number of halogens is 5. The molecule has 5 rings (SSSR count). The number of hydrogen-bond acceptors (Lipinski definition) is 6. The quantitative estimate of drug-likeness (QED) is 0.374. The fraction of sp³-hybridized carbons (Fsp3) is 0.345. The van der Waals surface area contributed by atoms with Crippen LogP contribution in [0.5, 0.6) is 5.75 Å². The second kappa shape index (κ2) is 11.0. The Kier molecular flexibility index (Phi) is 7.58. The predicted octanol–water partition coefficient (Wildman–Crippen LogP) is 5.27. The molecule has 2 aromatic rings. The number of hydrogen-bond donors (Lipinski definition) is 3. The van der Waals surface area contributed by atoms with Gasteiger partial charge in [-0.1, -0.05) is 0 Å². The first-order chi connectivity index (χ1) is 19.5. The van der Waals surface area contributed by atoms with Crippen molar-refractivity contribution in [3.8, 4) is 17.0 Å². The average Bonchev–Trinajstić information content (AvgIpc) is 3.67. The molecule has 1 aromatic heterocycles. The average molecular weight is 575 g/mol. The Morgan fingerprint density at radius 3 is 2.61 bits per heavy atom. The monoisotopic (exact) mass is 574 g/mol. The number of amides is 1. The molecular weight excluding hydrogens is 547 g/mol. The fourth-order valence-electron chi connectivity index (χ4n) is 5.06. The zero-order chi connectivity index (χ0) is 29.5. The first kappa shape index (κ1) is 28.3. The zero-order valence-electron chi connectivity index (χ0n) is 22.2. The molecule has 2 heterocycles. The molecule has 41 heavy (non-hydrogen) atoms. The number of carbonyl (C=O) groups is 1. The molecule has 0 radical (unpaired) electrons. The number of nitrogens with one attached hydrogen (secondary N) is 3. The summed E-state index contributed by atoms with van der Waals surface area (Å²) in [5.41, 5.74) is 1.02. The van der Waals surface area contributed by atoms with Gasteiger partial charge in [0.2, 0.25) is 0 Å². The highest BCUT2D eigenvalue weighted by atomic mass is 19.4. The first-order valence-electron chi connectivity index (χ1n) is 12.9. The summed E-state index contributed by atoms with van der Waals surface area (Å²) in [7, 11) is 3.05. The molecule has 0 bridgehead atoms. The normalized spacial score (nSPS) is 20.1.